The smallest absolute Gasteiger partial charge is 0.247 e. The van der Waals surface area contributed by atoms with E-state index in [0.717, 1.165) is 5.69 Å². The number of hydrogen-bond acceptors (Lipinski definition) is 4. The van der Waals surface area contributed by atoms with Crippen molar-refractivity contribution in [2.24, 2.45) is 0 Å². The fraction of sp³-hybridized carbons (Fsp3) is 0.250. The van der Waals surface area contributed by atoms with Gasteiger partial charge in [0.05, 0.1) is 35.6 Å². The summed E-state index contributed by atoms with van der Waals surface area (Å²) >= 11 is 0. The summed E-state index contributed by atoms with van der Waals surface area (Å²) < 4.78 is 0. The van der Waals surface area contributed by atoms with E-state index in [1.807, 2.05) is 6.07 Å². The lowest BCUT2D eigenvalue weighted by molar-refractivity contribution is -0.117. The molecular weight excluding hydrogens is 216 g/mol. The molecular formula is C12H10N4O. The lowest BCUT2D eigenvalue weighted by Gasteiger charge is -2.34. The van der Waals surface area contributed by atoms with Crippen molar-refractivity contribution in [1.29, 1.82) is 10.5 Å². The highest BCUT2D eigenvalue weighted by Gasteiger charge is 2.27. The van der Waals surface area contributed by atoms with Gasteiger partial charge in [0.1, 0.15) is 6.54 Å². The van der Waals surface area contributed by atoms with Crippen molar-refractivity contribution in [2.45, 2.75) is 0 Å². The summed E-state index contributed by atoms with van der Waals surface area (Å²) in [6, 6.07) is 9.12. The second-order valence-electron chi connectivity index (χ2n) is 3.81. The molecule has 0 bridgehead atoms. The highest BCUT2D eigenvalue weighted by Crippen LogP contribution is 2.33. The van der Waals surface area contributed by atoms with Crippen molar-refractivity contribution in [3.8, 4) is 12.1 Å². The minimum absolute atomic E-state index is 0.0333. The largest absolute Gasteiger partial charge is 0.364 e. The predicted molar refractivity (Wildman–Crippen MR) is 62.4 cm³/mol. The maximum Gasteiger partial charge on any atom is 0.247 e. The van der Waals surface area contributed by atoms with Crippen LogP contribution in [0.25, 0.3) is 0 Å². The summed E-state index contributed by atoms with van der Waals surface area (Å²) in [5.41, 5.74) is 2.03. The van der Waals surface area contributed by atoms with Gasteiger partial charge in [-0.15, -0.1) is 0 Å². The zero-order chi connectivity index (χ0) is 12.4. The summed E-state index contributed by atoms with van der Waals surface area (Å²) in [5, 5.41) is 17.6. The molecule has 0 unspecified atom stereocenters. The number of nitrogens with zero attached hydrogens (tertiary/aromatic N) is 4. The molecule has 1 amide bonds. The van der Waals surface area contributed by atoms with E-state index < -0.39 is 0 Å². The van der Waals surface area contributed by atoms with Gasteiger partial charge in [-0.1, -0.05) is 0 Å². The van der Waals surface area contributed by atoms with E-state index in [-0.39, 0.29) is 19.0 Å². The van der Waals surface area contributed by atoms with Crippen LogP contribution in [-0.2, 0) is 4.79 Å². The van der Waals surface area contributed by atoms with Gasteiger partial charge in [0.2, 0.25) is 5.91 Å². The van der Waals surface area contributed by atoms with Crippen LogP contribution in [0.15, 0.2) is 18.2 Å². The molecule has 1 aromatic rings. The molecule has 0 saturated heterocycles. The van der Waals surface area contributed by atoms with Crippen LogP contribution >= 0.6 is 0 Å². The summed E-state index contributed by atoms with van der Waals surface area (Å²) in [5.74, 6) is -0.105. The van der Waals surface area contributed by atoms with Crippen molar-refractivity contribution in [3.05, 3.63) is 23.8 Å². The summed E-state index contributed by atoms with van der Waals surface area (Å²) in [6.45, 7) is 0.259. The van der Waals surface area contributed by atoms with Gasteiger partial charge >= 0.3 is 0 Å². The first-order valence-electron chi connectivity index (χ1n) is 5.10. The maximum absolute atomic E-state index is 11.8. The number of fused-ring (bicyclic) bond motifs is 1. The summed E-state index contributed by atoms with van der Waals surface area (Å²) in [4.78, 5) is 15.0. The number of benzene rings is 1. The third-order valence-electron chi connectivity index (χ3n) is 2.71. The zero-order valence-electron chi connectivity index (χ0n) is 9.34. The lowest BCUT2D eigenvalue weighted by Crippen LogP contribution is -2.44. The molecule has 0 saturated carbocycles. The highest BCUT2D eigenvalue weighted by molar-refractivity contribution is 6.03. The molecule has 0 aliphatic carbocycles. The highest BCUT2D eigenvalue weighted by atomic mass is 16.2. The Bertz CT molecular complexity index is 553. The Kier molecular flexibility index (Phi) is 2.68. The van der Waals surface area contributed by atoms with Crippen LogP contribution in [0.1, 0.15) is 5.56 Å². The molecule has 2 rings (SSSR count). The quantitative estimate of drug-likeness (QED) is 0.666. The van der Waals surface area contributed by atoms with Crippen LogP contribution in [0.3, 0.4) is 0 Å². The first-order valence-corrected chi connectivity index (χ1v) is 5.10. The Morgan fingerprint density at radius 2 is 2.12 bits per heavy atom. The topological polar surface area (TPSA) is 71.1 Å². The summed E-state index contributed by atoms with van der Waals surface area (Å²) in [6.07, 6.45) is 0. The van der Waals surface area contributed by atoms with Gasteiger partial charge in [-0.3, -0.25) is 9.69 Å². The molecule has 1 aliphatic heterocycles. The minimum atomic E-state index is -0.105. The van der Waals surface area contributed by atoms with Crippen molar-refractivity contribution >= 4 is 17.3 Å². The molecule has 1 aromatic carbocycles. The minimum Gasteiger partial charge on any atom is -0.364 e. The summed E-state index contributed by atoms with van der Waals surface area (Å²) in [7, 11) is 1.79. The Labute approximate surface area is 99.1 Å². The van der Waals surface area contributed by atoms with E-state index in [1.54, 1.807) is 30.1 Å². The molecule has 84 valence electrons. The Hall–Kier alpha value is -2.53. The van der Waals surface area contributed by atoms with Crippen LogP contribution in [0.2, 0.25) is 0 Å². The molecule has 1 heterocycles. The van der Waals surface area contributed by atoms with Crippen molar-refractivity contribution in [3.63, 3.8) is 0 Å². The van der Waals surface area contributed by atoms with Gasteiger partial charge in [0.25, 0.3) is 0 Å². The predicted octanol–water partition coefficient (Wildman–Crippen LogP) is 0.865. The van der Waals surface area contributed by atoms with Crippen molar-refractivity contribution in [1.82, 2.24) is 0 Å². The number of hydrogen-bond donors (Lipinski definition) is 0. The number of nitriles is 2. The van der Waals surface area contributed by atoms with Gasteiger partial charge in [-0.25, -0.2) is 0 Å². The van der Waals surface area contributed by atoms with Crippen molar-refractivity contribution in [2.75, 3.05) is 29.9 Å². The third kappa shape index (κ3) is 1.79. The Morgan fingerprint density at radius 1 is 1.35 bits per heavy atom. The lowest BCUT2D eigenvalue weighted by atomic mass is 10.1. The molecule has 0 fully saturated rings. The number of carbonyl (C=O) groups is 1. The molecule has 0 radical (unpaired) electrons. The number of anilines is 2. The first-order chi connectivity index (χ1) is 8.17. The number of rotatable bonds is 1. The van der Waals surface area contributed by atoms with Gasteiger partial charge in [0.15, 0.2) is 0 Å². The fourth-order valence-electron chi connectivity index (χ4n) is 1.88. The molecule has 0 spiro atoms. The molecule has 1 aliphatic rings. The second-order valence-corrected chi connectivity index (χ2v) is 3.81. The van der Waals surface area contributed by atoms with E-state index in [1.165, 1.54) is 4.90 Å². The number of likely N-dealkylation sites (N-methyl/N-ethyl adjacent to an activating group) is 1. The first kappa shape index (κ1) is 11.0. The van der Waals surface area contributed by atoms with Crippen LogP contribution < -0.4 is 9.80 Å². The molecule has 5 heteroatoms. The number of amides is 1. The Balaban J connectivity index is 2.53. The normalized spacial score (nSPS) is 13.9. The average molecular weight is 226 g/mol. The molecule has 5 nitrogen and oxygen atoms in total. The van der Waals surface area contributed by atoms with E-state index in [9.17, 15) is 4.79 Å². The second kappa shape index (κ2) is 4.15. The monoisotopic (exact) mass is 226 g/mol. The maximum atomic E-state index is 11.8. The molecule has 0 atom stereocenters. The third-order valence-corrected chi connectivity index (χ3v) is 2.71. The van der Waals surface area contributed by atoms with Gasteiger partial charge in [-0.05, 0) is 18.2 Å². The fourth-order valence-corrected chi connectivity index (χ4v) is 1.88. The average Bonchev–Trinajstić information content (AvgIpc) is 2.34. The van der Waals surface area contributed by atoms with Gasteiger partial charge in [0, 0.05) is 7.05 Å². The SMILES string of the molecule is CN1CC(=O)N(CC#N)c2ccc(C#N)cc21. The van der Waals surface area contributed by atoms with Crippen molar-refractivity contribution < 1.29 is 4.79 Å². The van der Waals surface area contributed by atoms with Gasteiger partial charge < -0.3 is 4.90 Å². The molecule has 17 heavy (non-hydrogen) atoms. The van der Waals surface area contributed by atoms with Crippen LogP contribution in [0.5, 0.6) is 0 Å². The Morgan fingerprint density at radius 3 is 2.76 bits per heavy atom. The molecule has 0 N–H and O–H groups in total. The number of carbonyl (C=O) groups excluding carboxylic acids is 1. The zero-order valence-corrected chi connectivity index (χ0v) is 9.34. The van der Waals surface area contributed by atoms with E-state index in [2.05, 4.69) is 6.07 Å². The van der Waals surface area contributed by atoms with Crippen LogP contribution in [-0.4, -0.2) is 26.0 Å². The van der Waals surface area contributed by atoms with E-state index in [0.29, 0.717) is 11.3 Å². The van der Waals surface area contributed by atoms with Crippen LogP contribution in [0.4, 0.5) is 11.4 Å². The van der Waals surface area contributed by atoms with Crippen LogP contribution in [0, 0.1) is 22.7 Å². The standard InChI is InChI=1S/C12H10N4O/c1-15-8-12(17)16(5-4-13)10-3-2-9(7-14)6-11(10)15/h2-3,6H,5,8H2,1H3. The van der Waals surface area contributed by atoms with Gasteiger partial charge in [-0.2, -0.15) is 10.5 Å². The molecule has 0 aromatic heterocycles. The van der Waals surface area contributed by atoms with E-state index in [4.69, 9.17) is 10.5 Å². The van der Waals surface area contributed by atoms with E-state index >= 15 is 0 Å².